The Morgan fingerprint density at radius 2 is 1.77 bits per heavy atom. The minimum Gasteiger partial charge on any atom is -0.435 e. The van der Waals surface area contributed by atoms with Crippen molar-refractivity contribution in [1.82, 2.24) is 14.5 Å². The number of hydrogen-bond acceptors (Lipinski definition) is 4. The summed E-state index contributed by atoms with van der Waals surface area (Å²) in [6, 6.07) is 10.0. The van der Waals surface area contributed by atoms with Gasteiger partial charge < -0.3 is 15.0 Å². The van der Waals surface area contributed by atoms with Crippen molar-refractivity contribution in [3.05, 3.63) is 58.1 Å². The number of piperazine rings is 1. The molecule has 0 radical (unpaired) electrons. The maximum absolute atomic E-state index is 12.9. The van der Waals surface area contributed by atoms with E-state index in [0.717, 1.165) is 0 Å². The standard InChI is InChI=1S/C19H19Cl2F2N3O4S/c20-15-5-2-6-16(17(15)21)31(28,29)26-9-7-25(8-10-26)19(27)24-12-13-3-1-4-14(11-13)30-18(22)23/h1-6,11,18H,7-10,12H2,(H,24,27). The van der Waals surface area contributed by atoms with Gasteiger partial charge in [0.05, 0.1) is 10.0 Å². The smallest absolute Gasteiger partial charge is 0.387 e. The van der Waals surface area contributed by atoms with Crippen LogP contribution in [-0.2, 0) is 16.6 Å². The lowest BCUT2D eigenvalue weighted by atomic mass is 10.2. The third kappa shape index (κ3) is 5.76. The second kappa shape index (κ2) is 9.99. The molecule has 1 heterocycles. The van der Waals surface area contributed by atoms with E-state index in [4.69, 9.17) is 23.2 Å². The molecule has 0 aliphatic carbocycles. The molecule has 1 saturated heterocycles. The van der Waals surface area contributed by atoms with E-state index in [1.807, 2.05) is 0 Å². The highest BCUT2D eigenvalue weighted by molar-refractivity contribution is 7.89. The number of hydrogen-bond donors (Lipinski definition) is 1. The monoisotopic (exact) mass is 493 g/mol. The van der Waals surface area contributed by atoms with Gasteiger partial charge in [-0.15, -0.1) is 0 Å². The molecule has 1 N–H and O–H groups in total. The zero-order valence-corrected chi connectivity index (χ0v) is 18.4. The van der Waals surface area contributed by atoms with Gasteiger partial charge in [0, 0.05) is 32.7 Å². The molecular formula is C19H19Cl2F2N3O4S. The predicted molar refractivity (Wildman–Crippen MR) is 112 cm³/mol. The zero-order valence-electron chi connectivity index (χ0n) is 16.1. The number of urea groups is 1. The molecule has 1 fully saturated rings. The number of rotatable bonds is 6. The lowest BCUT2D eigenvalue weighted by Crippen LogP contribution is -2.53. The van der Waals surface area contributed by atoms with Crippen molar-refractivity contribution in [3.63, 3.8) is 0 Å². The number of carbonyl (C=O) groups excluding carboxylic acids is 1. The van der Waals surface area contributed by atoms with Gasteiger partial charge >= 0.3 is 12.6 Å². The van der Waals surface area contributed by atoms with E-state index >= 15 is 0 Å². The van der Waals surface area contributed by atoms with Crippen LogP contribution in [0.15, 0.2) is 47.4 Å². The van der Waals surface area contributed by atoms with E-state index in [0.29, 0.717) is 5.56 Å². The van der Waals surface area contributed by atoms with Gasteiger partial charge in [0.25, 0.3) is 0 Å². The third-order valence-corrected chi connectivity index (χ3v) is 7.50. The van der Waals surface area contributed by atoms with E-state index < -0.39 is 22.7 Å². The summed E-state index contributed by atoms with van der Waals surface area (Å²) in [6.45, 7) is -2.28. The van der Waals surface area contributed by atoms with Crippen LogP contribution in [0, 0.1) is 0 Å². The Bertz CT molecular complexity index is 1050. The average molecular weight is 494 g/mol. The van der Waals surface area contributed by atoms with Crippen molar-refractivity contribution in [3.8, 4) is 5.75 Å². The molecule has 0 bridgehead atoms. The predicted octanol–water partition coefficient (Wildman–Crippen LogP) is 3.81. The molecule has 3 rings (SSSR count). The Labute approximate surface area is 188 Å². The fraction of sp³-hybridized carbons (Fsp3) is 0.316. The first kappa shape index (κ1) is 23.5. The van der Waals surface area contributed by atoms with Gasteiger partial charge in [0.15, 0.2) is 0 Å². The highest BCUT2D eigenvalue weighted by atomic mass is 35.5. The molecular weight excluding hydrogens is 475 g/mol. The molecule has 168 valence electrons. The Morgan fingerprint density at radius 3 is 2.45 bits per heavy atom. The van der Waals surface area contributed by atoms with E-state index in [-0.39, 0.29) is 53.4 Å². The number of amides is 2. The Morgan fingerprint density at radius 1 is 1.10 bits per heavy atom. The van der Waals surface area contributed by atoms with Gasteiger partial charge in [0.2, 0.25) is 10.0 Å². The van der Waals surface area contributed by atoms with Gasteiger partial charge in [-0.3, -0.25) is 0 Å². The van der Waals surface area contributed by atoms with Gasteiger partial charge in [-0.1, -0.05) is 41.4 Å². The fourth-order valence-electron chi connectivity index (χ4n) is 3.07. The van der Waals surface area contributed by atoms with Crippen LogP contribution in [-0.4, -0.2) is 56.4 Å². The average Bonchev–Trinajstić information content (AvgIpc) is 2.73. The van der Waals surface area contributed by atoms with Gasteiger partial charge in [0.1, 0.15) is 10.6 Å². The summed E-state index contributed by atoms with van der Waals surface area (Å²) < 4.78 is 55.9. The lowest BCUT2D eigenvalue weighted by molar-refractivity contribution is -0.0498. The van der Waals surface area contributed by atoms with Crippen molar-refractivity contribution in [2.45, 2.75) is 18.1 Å². The van der Waals surface area contributed by atoms with Crippen LogP contribution in [0.1, 0.15) is 5.56 Å². The van der Waals surface area contributed by atoms with Crippen molar-refractivity contribution < 1.29 is 26.7 Å². The van der Waals surface area contributed by atoms with Gasteiger partial charge in [-0.05, 0) is 29.8 Å². The Hall–Kier alpha value is -2.14. The number of nitrogens with zero attached hydrogens (tertiary/aromatic N) is 2. The van der Waals surface area contributed by atoms with Crippen LogP contribution in [0.4, 0.5) is 13.6 Å². The van der Waals surface area contributed by atoms with Crippen molar-refractivity contribution in [1.29, 1.82) is 0 Å². The number of benzene rings is 2. The number of carbonyl (C=O) groups is 1. The summed E-state index contributed by atoms with van der Waals surface area (Å²) in [4.78, 5) is 13.8. The minimum atomic E-state index is -3.85. The van der Waals surface area contributed by atoms with E-state index in [1.165, 1.54) is 39.5 Å². The van der Waals surface area contributed by atoms with E-state index in [1.54, 1.807) is 12.1 Å². The van der Waals surface area contributed by atoms with E-state index in [9.17, 15) is 22.0 Å². The summed E-state index contributed by atoms with van der Waals surface area (Å²) in [6.07, 6.45) is 0. The normalized spacial score (nSPS) is 15.2. The molecule has 2 amide bonds. The quantitative estimate of drug-likeness (QED) is 0.663. The van der Waals surface area contributed by atoms with Crippen molar-refractivity contribution >= 4 is 39.3 Å². The van der Waals surface area contributed by atoms with E-state index in [2.05, 4.69) is 10.1 Å². The Balaban J connectivity index is 1.56. The molecule has 7 nitrogen and oxygen atoms in total. The molecule has 0 atom stereocenters. The molecule has 2 aromatic carbocycles. The maximum atomic E-state index is 12.9. The first-order chi connectivity index (χ1) is 14.7. The highest BCUT2D eigenvalue weighted by Crippen LogP contribution is 2.31. The van der Waals surface area contributed by atoms with Crippen LogP contribution in [0.3, 0.4) is 0 Å². The zero-order chi connectivity index (χ0) is 22.6. The number of halogens is 4. The second-order valence-corrected chi connectivity index (χ2v) is 9.32. The number of sulfonamides is 1. The summed E-state index contributed by atoms with van der Waals surface area (Å²) in [5, 5.41) is 2.79. The lowest BCUT2D eigenvalue weighted by Gasteiger charge is -2.34. The van der Waals surface area contributed by atoms with Crippen LogP contribution >= 0.6 is 23.2 Å². The van der Waals surface area contributed by atoms with Crippen LogP contribution in [0.25, 0.3) is 0 Å². The molecule has 0 aromatic heterocycles. The number of alkyl halides is 2. The molecule has 1 aliphatic rings. The minimum absolute atomic E-state index is 0.000228. The summed E-state index contributed by atoms with van der Waals surface area (Å²) in [7, 11) is -3.85. The van der Waals surface area contributed by atoms with Crippen LogP contribution in [0.5, 0.6) is 5.75 Å². The Kier molecular flexibility index (Phi) is 7.58. The second-order valence-electron chi connectivity index (χ2n) is 6.63. The summed E-state index contributed by atoms with van der Waals surface area (Å²) in [5.74, 6) is 0.000228. The molecule has 12 heteroatoms. The maximum Gasteiger partial charge on any atom is 0.387 e. The fourth-order valence-corrected chi connectivity index (χ4v) is 5.23. The van der Waals surface area contributed by atoms with Crippen molar-refractivity contribution in [2.24, 2.45) is 0 Å². The number of ether oxygens (including phenoxy) is 1. The third-order valence-electron chi connectivity index (χ3n) is 4.63. The number of nitrogens with one attached hydrogen (secondary N) is 1. The van der Waals surface area contributed by atoms with Crippen LogP contribution in [0.2, 0.25) is 10.0 Å². The van der Waals surface area contributed by atoms with Gasteiger partial charge in [-0.2, -0.15) is 13.1 Å². The van der Waals surface area contributed by atoms with Crippen LogP contribution < -0.4 is 10.1 Å². The molecule has 0 saturated carbocycles. The molecule has 2 aromatic rings. The summed E-state index contributed by atoms with van der Waals surface area (Å²) in [5.41, 5.74) is 0.586. The highest BCUT2D eigenvalue weighted by Gasteiger charge is 2.31. The largest absolute Gasteiger partial charge is 0.435 e. The molecule has 31 heavy (non-hydrogen) atoms. The molecule has 1 aliphatic heterocycles. The SMILES string of the molecule is O=C(NCc1cccc(OC(F)F)c1)N1CCN(S(=O)(=O)c2cccc(Cl)c2Cl)CC1. The first-order valence-corrected chi connectivity index (χ1v) is 11.4. The topological polar surface area (TPSA) is 79.0 Å². The first-order valence-electron chi connectivity index (χ1n) is 9.19. The molecule has 0 spiro atoms. The van der Waals surface area contributed by atoms with Crippen molar-refractivity contribution in [2.75, 3.05) is 26.2 Å². The summed E-state index contributed by atoms with van der Waals surface area (Å²) >= 11 is 12.0. The van der Waals surface area contributed by atoms with Gasteiger partial charge in [-0.25, -0.2) is 13.2 Å². The molecule has 0 unspecified atom stereocenters.